The molecule has 26 heavy (non-hydrogen) atoms. The van der Waals surface area contributed by atoms with Gasteiger partial charge in [0.15, 0.2) is 0 Å². The van der Waals surface area contributed by atoms with Crippen molar-refractivity contribution in [1.82, 2.24) is 15.5 Å². The van der Waals surface area contributed by atoms with E-state index in [1.807, 2.05) is 0 Å². The zero-order valence-electron chi connectivity index (χ0n) is 13.9. The summed E-state index contributed by atoms with van der Waals surface area (Å²) in [5, 5.41) is 4.98. The average Bonchev–Trinajstić information content (AvgIpc) is 3.15. The largest absolute Gasteiger partial charge is 0.467 e. The fourth-order valence-electron chi connectivity index (χ4n) is 2.60. The molecule has 0 aliphatic carbocycles. The van der Waals surface area contributed by atoms with Crippen LogP contribution in [0.5, 0.6) is 0 Å². The van der Waals surface area contributed by atoms with Crippen LogP contribution in [-0.2, 0) is 27.3 Å². The van der Waals surface area contributed by atoms with Crippen molar-refractivity contribution < 1.29 is 23.6 Å². The number of amides is 4. The predicted molar refractivity (Wildman–Crippen MR) is 89.8 cm³/mol. The van der Waals surface area contributed by atoms with E-state index in [1.54, 1.807) is 36.4 Å². The molecule has 0 bridgehead atoms. The second kappa shape index (κ2) is 7.64. The Hall–Kier alpha value is -3.42. The molecule has 0 saturated heterocycles. The van der Waals surface area contributed by atoms with Gasteiger partial charge in [0.2, 0.25) is 17.7 Å². The van der Waals surface area contributed by atoms with E-state index in [2.05, 4.69) is 10.6 Å². The van der Waals surface area contributed by atoms with Crippen molar-refractivity contribution in [2.24, 2.45) is 0 Å². The second-order valence-corrected chi connectivity index (χ2v) is 5.75. The van der Waals surface area contributed by atoms with Crippen LogP contribution in [0.25, 0.3) is 0 Å². The molecule has 1 aromatic carbocycles. The van der Waals surface area contributed by atoms with Crippen molar-refractivity contribution >= 4 is 23.6 Å². The summed E-state index contributed by atoms with van der Waals surface area (Å²) in [5.74, 6) is -1.34. The number of hydrogen-bond donors (Lipinski definition) is 2. The van der Waals surface area contributed by atoms with Crippen LogP contribution in [-0.4, -0.2) is 41.6 Å². The number of rotatable bonds is 6. The summed E-state index contributed by atoms with van der Waals surface area (Å²) in [7, 11) is 0. The zero-order valence-corrected chi connectivity index (χ0v) is 13.9. The molecule has 0 atom stereocenters. The Balaban J connectivity index is 1.49. The maximum absolute atomic E-state index is 12.4. The molecule has 0 unspecified atom stereocenters. The summed E-state index contributed by atoms with van der Waals surface area (Å²) in [6.45, 7) is -0.467. The third-order valence-electron chi connectivity index (χ3n) is 3.92. The van der Waals surface area contributed by atoms with E-state index < -0.39 is 30.2 Å². The Morgan fingerprint density at radius 2 is 1.85 bits per heavy atom. The fourth-order valence-corrected chi connectivity index (χ4v) is 2.60. The quantitative estimate of drug-likeness (QED) is 0.722. The standard InChI is InChI=1S/C18H17N3O5/c22-15(19-9-13-5-3-7-26-13)10-20-16(23)11-21-17(24)8-12-4-1-2-6-14(12)18(21)25/h1-7H,8-11H2,(H,19,22)(H,20,23). The van der Waals surface area contributed by atoms with E-state index in [0.29, 0.717) is 16.9 Å². The summed E-state index contributed by atoms with van der Waals surface area (Å²) >= 11 is 0. The number of nitrogens with zero attached hydrogens (tertiary/aromatic N) is 1. The van der Waals surface area contributed by atoms with Crippen molar-refractivity contribution in [3.8, 4) is 0 Å². The first-order valence-electron chi connectivity index (χ1n) is 8.03. The highest BCUT2D eigenvalue weighted by molar-refractivity contribution is 6.11. The van der Waals surface area contributed by atoms with Gasteiger partial charge in [0.1, 0.15) is 12.3 Å². The van der Waals surface area contributed by atoms with Crippen molar-refractivity contribution in [2.75, 3.05) is 13.1 Å². The summed E-state index contributed by atoms with van der Waals surface area (Å²) in [6.07, 6.45) is 1.56. The SMILES string of the molecule is O=C(CNC(=O)CN1C(=O)Cc2ccccc2C1=O)NCc1ccco1. The summed E-state index contributed by atoms with van der Waals surface area (Å²) in [4.78, 5) is 49.1. The van der Waals surface area contributed by atoms with Crippen molar-refractivity contribution in [3.63, 3.8) is 0 Å². The minimum Gasteiger partial charge on any atom is -0.467 e. The maximum atomic E-state index is 12.4. The molecule has 2 N–H and O–H groups in total. The molecule has 0 saturated carbocycles. The third-order valence-corrected chi connectivity index (χ3v) is 3.92. The van der Waals surface area contributed by atoms with Gasteiger partial charge in [0.05, 0.1) is 25.8 Å². The van der Waals surface area contributed by atoms with Gasteiger partial charge in [-0.1, -0.05) is 18.2 Å². The van der Waals surface area contributed by atoms with Gasteiger partial charge in [-0.25, -0.2) is 0 Å². The highest BCUT2D eigenvalue weighted by Gasteiger charge is 2.31. The number of imide groups is 1. The summed E-state index contributed by atoms with van der Waals surface area (Å²) in [5.41, 5.74) is 1.06. The first-order valence-corrected chi connectivity index (χ1v) is 8.03. The number of hydrogen-bond acceptors (Lipinski definition) is 5. The van der Waals surface area contributed by atoms with Gasteiger partial charge >= 0.3 is 0 Å². The molecule has 2 aromatic rings. The van der Waals surface area contributed by atoms with E-state index >= 15 is 0 Å². The lowest BCUT2D eigenvalue weighted by Gasteiger charge is -2.26. The van der Waals surface area contributed by atoms with Gasteiger partial charge in [-0.3, -0.25) is 24.1 Å². The minimum atomic E-state index is -0.584. The Bertz CT molecular complexity index is 844. The number of nitrogens with one attached hydrogen (secondary N) is 2. The third kappa shape index (κ3) is 3.97. The van der Waals surface area contributed by atoms with Crippen molar-refractivity contribution in [3.05, 3.63) is 59.5 Å². The predicted octanol–water partition coefficient (Wildman–Crippen LogP) is 0.237. The van der Waals surface area contributed by atoms with Gasteiger partial charge in [-0.05, 0) is 23.8 Å². The van der Waals surface area contributed by atoms with Crippen LogP contribution in [0.1, 0.15) is 21.7 Å². The van der Waals surface area contributed by atoms with Gasteiger partial charge < -0.3 is 15.1 Å². The molecule has 0 fully saturated rings. The van der Waals surface area contributed by atoms with Crippen LogP contribution in [0, 0.1) is 0 Å². The van der Waals surface area contributed by atoms with Crippen molar-refractivity contribution in [2.45, 2.75) is 13.0 Å². The number of benzene rings is 1. The van der Waals surface area contributed by atoms with Crippen molar-refractivity contribution in [1.29, 1.82) is 0 Å². The number of carbonyl (C=O) groups is 4. The molecule has 1 aliphatic heterocycles. The molecule has 2 heterocycles. The van der Waals surface area contributed by atoms with Gasteiger partial charge in [-0.2, -0.15) is 0 Å². The first kappa shape index (κ1) is 17.4. The molecule has 8 nitrogen and oxygen atoms in total. The lowest BCUT2D eigenvalue weighted by atomic mass is 9.98. The summed E-state index contributed by atoms with van der Waals surface area (Å²) < 4.78 is 5.08. The van der Waals surface area contributed by atoms with Crippen LogP contribution in [0.4, 0.5) is 0 Å². The topological polar surface area (TPSA) is 109 Å². The Morgan fingerprint density at radius 1 is 1.04 bits per heavy atom. The van der Waals surface area contributed by atoms with Crippen LogP contribution < -0.4 is 10.6 Å². The maximum Gasteiger partial charge on any atom is 0.261 e. The van der Waals surface area contributed by atoms with Crippen LogP contribution >= 0.6 is 0 Å². The monoisotopic (exact) mass is 355 g/mol. The molecule has 134 valence electrons. The molecular weight excluding hydrogens is 338 g/mol. The van der Waals surface area contributed by atoms with Gasteiger partial charge in [-0.15, -0.1) is 0 Å². The van der Waals surface area contributed by atoms with E-state index in [0.717, 1.165) is 4.90 Å². The van der Waals surface area contributed by atoms with Crippen LogP contribution in [0.3, 0.4) is 0 Å². The van der Waals surface area contributed by atoms with E-state index in [4.69, 9.17) is 4.42 Å². The smallest absolute Gasteiger partial charge is 0.261 e. The Morgan fingerprint density at radius 3 is 2.62 bits per heavy atom. The molecule has 1 aliphatic rings. The number of carbonyl (C=O) groups excluding carboxylic acids is 4. The number of furan rings is 1. The normalized spacial score (nSPS) is 13.3. The van der Waals surface area contributed by atoms with Crippen LogP contribution in [0.15, 0.2) is 47.1 Å². The fraction of sp³-hybridized carbons (Fsp3) is 0.222. The van der Waals surface area contributed by atoms with Gasteiger partial charge in [0, 0.05) is 5.56 Å². The lowest BCUT2D eigenvalue weighted by Crippen LogP contribution is -2.48. The average molecular weight is 355 g/mol. The highest BCUT2D eigenvalue weighted by atomic mass is 16.3. The molecule has 4 amide bonds. The molecule has 8 heteroatoms. The summed E-state index contributed by atoms with van der Waals surface area (Å²) in [6, 6.07) is 10.2. The number of fused-ring (bicyclic) bond motifs is 1. The molecule has 3 rings (SSSR count). The second-order valence-electron chi connectivity index (χ2n) is 5.75. The first-order chi connectivity index (χ1) is 12.5. The highest BCUT2D eigenvalue weighted by Crippen LogP contribution is 2.19. The van der Waals surface area contributed by atoms with E-state index in [9.17, 15) is 19.2 Å². The zero-order chi connectivity index (χ0) is 18.5. The molecule has 1 aromatic heterocycles. The Kier molecular flexibility index (Phi) is 5.12. The Labute approximate surface area is 149 Å². The lowest BCUT2D eigenvalue weighted by molar-refractivity contribution is -0.133. The molecule has 0 spiro atoms. The van der Waals surface area contributed by atoms with Gasteiger partial charge in [0.25, 0.3) is 5.91 Å². The minimum absolute atomic E-state index is 0.0683. The van der Waals surface area contributed by atoms with Crippen LogP contribution in [0.2, 0.25) is 0 Å². The molecule has 0 radical (unpaired) electrons. The molecular formula is C18H17N3O5. The van der Waals surface area contributed by atoms with E-state index in [1.165, 1.54) is 6.26 Å². The van der Waals surface area contributed by atoms with E-state index in [-0.39, 0.29) is 19.5 Å².